The number of fused-ring (bicyclic) bond motifs is 2. The molecule has 0 radical (unpaired) electrons. The van der Waals surface area contributed by atoms with E-state index >= 15 is 0 Å². The first kappa shape index (κ1) is 23.2. The quantitative estimate of drug-likeness (QED) is 0.556. The van der Waals surface area contributed by atoms with Gasteiger partial charge in [-0.3, -0.25) is 4.79 Å². The van der Waals surface area contributed by atoms with Crippen LogP contribution in [0.25, 0.3) is 11.1 Å². The molecule has 0 fully saturated rings. The molecule has 2 aliphatic heterocycles. The Morgan fingerprint density at radius 2 is 2.11 bits per heavy atom. The number of nitrogens with zero attached hydrogens (tertiary/aromatic N) is 3. The molecule has 1 amide bonds. The average Bonchev–Trinajstić information content (AvgIpc) is 3.41. The zero-order chi connectivity index (χ0) is 24.8. The fourth-order valence-corrected chi connectivity index (χ4v) is 4.97. The number of ether oxygens (including phenoxy) is 1. The van der Waals surface area contributed by atoms with Crippen LogP contribution in [0.2, 0.25) is 0 Å². The Kier molecular flexibility index (Phi) is 5.50. The van der Waals surface area contributed by atoms with Gasteiger partial charge in [0, 0.05) is 6.42 Å². The molecule has 8 nitrogen and oxygen atoms in total. The van der Waals surface area contributed by atoms with Crippen molar-refractivity contribution in [3.05, 3.63) is 65.5 Å². The number of imidazole rings is 1. The number of amides is 1. The maximum Gasteiger partial charge on any atom is 0.291 e. The highest BCUT2D eigenvalue weighted by Gasteiger charge is 2.45. The number of anilines is 1. The summed E-state index contributed by atoms with van der Waals surface area (Å²) in [7, 11) is 0. The molecule has 2 atom stereocenters. The number of carbonyl (C=O) groups is 1. The van der Waals surface area contributed by atoms with Gasteiger partial charge in [-0.25, -0.2) is 9.97 Å². The van der Waals surface area contributed by atoms with Crippen molar-refractivity contribution in [2.24, 2.45) is 5.41 Å². The van der Waals surface area contributed by atoms with Crippen LogP contribution < -0.4 is 5.32 Å². The Morgan fingerprint density at radius 1 is 1.29 bits per heavy atom. The van der Waals surface area contributed by atoms with Crippen molar-refractivity contribution in [3.63, 3.8) is 0 Å². The number of hydrogen-bond acceptors (Lipinski definition) is 6. The molecule has 0 aromatic carbocycles. The third kappa shape index (κ3) is 4.45. The Bertz CT molecular complexity index is 1330. The number of aromatic nitrogens is 3. The van der Waals surface area contributed by atoms with Gasteiger partial charge in [0.15, 0.2) is 5.82 Å². The first-order chi connectivity index (χ1) is 16.6. The molecule has 4 heterocycles. The number of hydrogen-bond donors (Lipinski definition) is 3. The van der Waals surface area contributed by atoms with Crippen LogP contribution in [0.1, 0.15) is 74.2 Å². The van der Waals surface area contributed by atoms with Crippen LogP contribution in [-0.2, 0) is 4.74 Å². The lowest BCUT2D eigenvalue weighted by Crippen LogP contribution is -2.40. The average molecular weight is 472 g/mol. The van der Waals surface area contributed by atoms with E-state index in [1.165, 1.54) is 6.20 Å². The molecule has 0 saturated carbocycles. The molecule has 8 heteroatoms. The van der Waals surface area contributed by atoms with Crippen molar-refractivity contribution in [2.45, 2.75) is 57.7 Å². The number of nitriles is 1. The molecule has 0 spiro atoms. The lowest BCUT2D eigenvalue weighted by atomic mass is 9.77. The second-order valence-electron chi connectivity index (χ2n) is 10.6. The lowest BCUT2D eigenvalue weighted by molar-refractivity contribution is -0.0849. The third-order valence-corrected chi connectivity index (χ3v) is 7.02. The highest BCUT2D eigenvalue weighted by molar-refractivity contribution is 6.03. The van der Waals surface area contributed by atoms with Gasteiger partial charge in [0.25, 0.3) is 5.91 Å². The predicted octanol–water partition coefficient (Wildman–Crippen LogP) is 4.39. The summed E-state index contributed by atoms with van der Waals surface area (Å²) in [5.41, 5.74) is 3.34. The topological polar surface area (TPSA) is 124 Å². The summed E-state index contributed by atoms with van der Waals surface area (Å²) in [6.45, 7) is 6.37. The number of carbonyl (C=O) groups excluding carboxylic acids is 1. The van der Waals surface area contributed by atoms with E-state index in [1.807, 2.05) is 37.3 Å². The number of nitrogens with one attached hydrogen (secondary N) is 2. The molecule has 2 unspecified atom stereocenters. The first-order valence-electron chi connectivity index (χ1n) is 11.8. The minimum atomic E-state index is -0.737. The molecule has 2 aromatic rings. The minimum Gasteiger partial charge on any atom is -0.393 e. The largest absolute Gasteiger partial charge is 0.393 e. The third-order valence-electron chi connectivity index (χ3n) is 7.02. The van der Waals surface area contributed by atoms with Gasteiger partial charge in [-0.15, -0.1) is 0 Å². The van der Waals surface area contributed by atoms with Crippen molar-refractivity contribution < 1.29 is 14.6 Å². The van der Waals surface area contributed by atoms with Crippen molar-refractivity contribution >= 4 is 22.7 Å². The number of aliphatic hydroxyl groups is 1. The Balaban J connectivity index is 1.52. The number of H-pyrrole nitrogens is 1. The van der Waals surface area contributed by atoms with Gasteiger partial charge < -0.3 is 20.1 Å². The highest BCUT2D eigenvalue weighted by Crippen LogP contribution is 2.45. The Labute approximate surface area is 204 Å². The first-order valence-corrected chi connectivity index (χ1v) is 11.8. The van der Waals surface area contributed by atoms with Crippen molar-refractivity contribution in [1.29, 1.82) is 5.26 Å². The van der Waals surface area contributed by atoms with Gasteiger partial charge in [-0.2, -0.15) is 5.26 Å². The van der Waals surface area contributed by atoms with E-state index in [2.05, 4.69) is 41.3 Å². The van der Waals surface area contributed by atoms with Crippen molar-refractivity contribution in [1.82, 2.24) is 15.0 Å². The van der Waals surface area contributed by atoms with E-state index in [9.17, 15) is 9.90 Å². The molecular weight excluding hydrogens is 442 g/mol. The Morgan fingerprint density at radius 3 is 2.80 bits per heavy atom. The monoisotopic (exact) mass is 471 g/mol. The molecule has 0 saturated heterocycles. The standard InChI is InChI=1S/C27H29N5O3/c1-25(2)8-6-17(7-9-25)22-21(32-24(34)23-29-15-19(14-28)30-23)5-4-20(31-22)18-12-26(3)10-11-27(13-18,16-33)35-26/h4-6,10-12,15,33H,7-9,13,16H2,1-3H3,(H,29,30)(H,32,34). The second kappa shape index (κ2) is 8.29. The number of aromatic amines is 1. The molecule has 3 aliphatic rings. The molecule has 2 bridgehead atoms. The van der Waals surface area contributed by atoms with Crippen LogP contribution in [0.15, 0.2) is 42.6 Å². The highest BCUT2D eigenvalue weighted by atomic mass is 16.5. The van der Waals surface area contributed by atoms with Crippen molar-refractivity contribution in [2.75, 3.05) is 11.9 Å². The fraction of sp³-hybridized carbons (Fsp3) is 0.407. The summed E-state index contributed by atoms with van der Waals surface area (Å²) in [4.78, 5) is 24.6. The summed E-state index contributed by atoms with van der Waals surface area (Å²) in [5, 5.41) is 22.0. The smallest absolute Gasteiger partial charge is 0.291 e. The summed E-state index contributed by atoms with van der Waals surface area (Å²) in [6, 6.07) is 5.70. The van der Waals surface area contributed by atoms with Crippen LogP contribution in [0.5, 0.6) is 0 Å². The summed E-state index contributed by atoms with van der Waals surface area (Å²) in [6.07, 6.45) is 12.8. The summed E-state index contributed by atoms with van der Waals surface area (Å²) >= 11 is 0. The van der Waals surface area contributed by atoms with E-state index in [4.69, 9.17) is 15.0 Å². The fourth-order valence-electron chi connectivity index (χ4n) is 4.97. The number of allylic oxidation sites excluding steroid dienone is 2. The minimum absolute atomic E-state index is 0.0722. The van der Waals surface area contributed by atoms with Crippen molar-refractivity contribution in [3.8, 4) is 6.07 Å². The summed E-state index contributed by atoms with van der Waals surface area (Å²) in [5.74, 6) is -0.360. The van der Waals surface area contributed by atoms with Gasteiger partial charge >= 0.3 is 0 Å². The zero-order valence-electron chi connectivity index (χ0n) is 20.2. The molecular formula is C27H29N5O3. The second-order valence-corrected chi connectivity index (χ2v) is 10.6. The lowest BCUT2D eigenvalue weighted by Gasteiger charge is -2.36. The normalized spacial score (nSPS) is 26.6. The van der Waals surface area contributed by atoms with E-state index in [1.54, 1.807) is 0 Å². The van der Waals surface area contributed by atoms with Crippen LogP contribution in [-0.4, -0.2) is 43.8 Å². The molecule has 1 aliphatic carbocycles. The molecule has 180 valence electrons. The molecule has 35 heavy (non-hydrogen) atoms. The van der Waals surface area contributed by atoms with Gasteiger partial charge in [-0.05, 0) is 61.0 Å². The number of rotatable bonds is 5. The van der Waals surface area contributed by atoms with Gasteiger partial charge in [-0.1, -0.05) is 32.1 Å². The molecule has 2 aromatic heterocycles. The van der Waals surface area contributed by atoms with Crippen LogP contribution in [0.3, 0.4) is 0 Å². The predicted molar refractivity (Wildman–Crippen MR) is 132 cm³/mol. The molecule has 5 rings (SSSR count). The Hall–Kier alpha value is -3.54. The van der Waals surface area contributed by atoms with E-state index < -0.39 is 17.1 Å². The zero-order valence-corrected chi connectivity index (χ0v) is 20.2. The van der Waals surface area contributed by atoms with Crippen LogP contribution in [0, 0.1) is 16.7 Å². The molecule has 3 N–H and O–H groups in total. The van der Waals surface area contributed by atoms with Gasteiger partial charge in [0.2, 0.25) is 0 Å². The number of pyridine rings is 1. The van der Waals surface area contributed by atoms with E-state index in [-0.39, 0.29) is 23.5 Å². The van der Waals surface area contributed by atoms with Crippen LogP contribution >= 0.6 is 0 Å². The number of aliphatic hydroxyl groups excluding tert-OH is 1. The maximum absolute atomic E-state index is 12.9. The van der Waals surface area contributed by atoms with Crippen LogP contribution in [0.4, 0.5) is 5.69 Å². The van der Waals surface area contributed by atoms with E-state index in [0.717, 1.165) is 41.8 Å². The van der Waals surface area contributed by atoms with Gasteiger partial charge in [0.05, 0.1) is 29.9 Å². The SMILES string of the molecule is CC1(C)CC=C(c2nc(C3=CC4(C)C=CC(CO)(C3)O4)ccc2NC(=O)c2ncc(C#N)[nH]2)CC1. The summed E-state index contributed by atoms with van der Waals surface area (Å²) < 4.78 is 6.11. The maximum atomic E-state index is 12.9. The van der Waals surface area contributed by atoms with Gasteiger partial charge in [0.1, 0.15) is 23.0 Å². The van der Waals surface area contributed by atoms with E-state index in [0.29, 0.717) is 12.1 Å².